The lowest BCUT2D eigenvalue weighted by molar-refractivity contribution is 0.392. The van der Waals surface area contributed by atoms with Gasteiger partial charge < -0.3 is 19.1 Å². The number of hydrogen-bond acceptors (Lipinski definition) is 6. The van der Waals surface area contributed by atoms with Crippen molar-refractivity contribution in [3.05, 3.63) is 34.4 Å². The van der Waals surface area contributed by atoms with Crippen LogP contribution in [0.15, 0.2) is 28.9 Å². The number of benzene rings is 1. The van der Waals surface area contributed by atoms with E-state index >= 15 is 0 Å². The summed E-state index contributed by atoms with van der Waals surface area (Å²) in [5.41, 5.74) is 1.03. The molecule has 1 aromatic heterocycles. The van der Waals surface area contributed by atoms with E-state index in [4.69, 9.17) is 14.2 Å². The Kier molecular flexibility index (Phi) is 5.43. The van der Waals surface area contributed by atoms with Crippen LogP contribution < -0.4 is 19.1 Å². The van der Waals surface area contributed by atoms with Gasteiger partial charge in [0.15, 0.2) is 0 Å². The van der Waals surface area contributed by atoms with Crippen LogP contribution in [-0.4, -0.2) is 38.3 Å². The number of aromatic nitrogens is 2. The van der Waals surface area contributed by atoms with Crippen molar-refractivity contribution in [2.45, 2.75) is 6.54 Å². The molecule has 118 valence electrons. The van der Waals surface area contributed by atoms with Crippen molar-refractivity contribution in [2.75, 3.05) is 33.3 Å². The molecule has 1 aromatic carbocycles. The monoisotopic (exact) mass is 367 g/mol. The number of anilines is 1. The first kappa shape index (κ1) is 16.4. The predicted molar refractivity (Wildman–Crippen MR) is 87.9 cm³/mol. The van der Waals surface area contributed by atoms with Crippen LogP contribution in [0.3, 0.4) is 0 Å². The fraction of sp³-hybridized carbons (Fsp3) is 0.333. The third-order valence-electron chi connectivity index (χ3n) is 3.06. The minimum absolute atomic E-state index is 0.500. The van der Waals surface area contributed by atoms with Crippen molar-refractivity contribution in [1.29, 1.82) is 0 Å². The minimum atomic E-state index is 0.500. The van der Waals surface area contributed by atoms with Crippen LogP contribution in [0.25, 0.3) is 0 Å². The second kappa shape index (κ2) is 7.31. The van der Waals surface area contributed by atoms with E-state index in [0.29, 0.717) is 18.4 Å². The summed E-state index contributed by atoms with van der Waals surface area (Å²) in [6.07, 6.45) is 1.67. The van der Waals surface area contributed by atoms with Crippen LogP contribution in [0.5, 0.6) is 17.4 Å². The van der Waals surface area contributed by atoms with E-state index in [1.165, 1.54) is 0 Å². The maximum absolute atomic E-state index is 5.28. The Balaban J connectivity index is 2.22. The number of methoxy groups -OCH3 is 3. The number of ether oxygens (including phenoxy) is 3. The van der Waals surface area contributed by atoms with E-state index in [1.54, 1.807) is 27.5 Å². The van der Waals surface area contributed by atoms with Crippen LogP contribution in [0.1, 0.15) is 5.56 Å². The highest BCUT2D eigenvalue weighted by atomic mass is 79.9. The maximum atomic E-state index is 5.28. The highest BCUT2D eigenvalue weighted by Gasteiger charge is 2.11. The van der Waals surface area contributed by atoms with Crippen LogP contribution in [-0.2, 0) is 6.54 Å². The largest absolute Gasteiger partial charge is 0.497 e. The summed E-state index contributed by atoms with van der Waals surface area (Å²) in [6, 6.07) is 5.74. The molecule has 0 saturated carbocycles. The van der Waals surface area contributed by atoms with Crippen molar-refractivity contribution < 1.29 is 14.2 Å². The molecule has 0 aliphatic heterocycles. The average Bonchev–Trinajstić information content (AvgIpc) is 2.54. The van der Waals surface area contributed by atoms with Crippen molar-refractivity contribution in [2.24, 2.45) is 0 Å². The van der Waals surface area contributed by atoms with Gasteiger partial charge in [0, 0.05) is 19.7 Å². The molecule has 0 atom stereocenters. The van der Waals surface area contributed by atoms with E-state index in [2.05, 4.69) is 25.9 Å². The summed E-state index contributed by atoms with van der Waals surface area (Å²) < 4.78 is 16.5. The zero-order valence-electron chi connectivity index (χ0n) is 13.0. The standard InChI is InChI=1S/C15H18BrN3O3/c1-19(15-17-8-13(16)14(18-15)22-4)9-10-5-11(20-2)7-12(6-10)21-3/h5-8H,9H2,1-4H3. The summed E-state index contributed by atoms with van der Waals surface area (Å²) in [4.78, 5) is 10.6. The van der Waals surface area contributed by atoms with Gasteiger partial charge in [-0.2, -0.15) is 4.98 Å². The molecule has 0 radical (unpaired) electrons. The molecule has 2 rings (SSSR count). The first-order chi connectivity index (χ1) is 10.6. The van der Waals surface area contributed by atoms with Gasteiger partial charge in [-0.25, -0.2) is 4.98 Å². The number of rotatable bonds is 6. The summed E-state index contributed by atoms with van der Waals surface area (Å²) in [6.45, 7) is 0.609. The van der Waals surface area contributed by atoms with Crippen molar-refractivity contribution in [3.8, 4) is 17.4 Å². The van der Waals surface area contributed by atoms with Crippen molar-refractivity contribution in [1.82, 2.24) is 9.97 Å². The van der Waals surface area contributed by atoms with E-state index in [0.717, 1.165) is 21.5 Å². The molecule has 0 fully saturated rings. The fourth-order valence-corrected chi connectivity index (χ4v) is 2.32. The summed E-state index contributed by atoms with van der Waals surface area (Å²) >= 11 is 3.34. The van der Waals surface area contributed by atoms with E-state index in [-0.39, 0.29) is 0 Å². The summed E-state index contributed by atoms with van der Waals surface area (Å²) in [5.74, 6) is 2.57. The van der Waals surface area contributed by atoms with E-state index < -0.39 is 0 Å². The van der Waals surface area contributed by atoms with Gasteiger partial charge in [-0.3, -0.25) is 0 Å². The van der Waals surface area contributed by atoms with Gasteiger partial charge in [-0.05, 0) is 33.6 Å². The Morgan fingerprint density at radius 2 is 1.68 bits per heavy atom. The molecule has 0 bridgehead atoms. The highest BCUT2D eigenvalue weighted by Crippen LogP contribution is 2.26. The Morgan fingerprint density at radius 3 is 2.23 bits per heavy atom. The van der Waals surface area contributed by atoms with Gasteiger partial charge in [0.2, 0.25) is 11.8 Å². The minimum Gasteiger partial charge on any atom is -0.497 e. The number of nitrogens with zero attached hydrogens (tertiary/aromatic N) is 3. The third kappa shape index (κ3) is 3.79. The van der Waals surface area contributed by atoms with Gasteiger partial charge in [0.25, 0.3) is 0 Å². The lowest BCUT2D eigenvalue weighted by Crippen LogP contribution is -2.19. The van der Waals surface area contributed by atoms with Crippen LogP contribution >= 0.6 is 15.9 Å². The lowest BCUT2D eigenvalue weighted by atomic mass is 10.2. The zero-order valence-corrected chi connectivity index (χ0v) is 14.5. The highest BCUT2D eigenvalue weighted by molar-refractivity contribution is 9.10. The molecular formula is C15H18BrN3O3. The predicted octanol–water partition coefficient (Wildman–Crippen LogP) is 2.90. The first-order valence-electron chi connectivity index (χ1n) is 6.57. The number of hydrogen-bond donors (Lipinski definition) is 0. The van der Waals surface area contributed by atoms with Gasteiger partial charge in [-0.1, -0.05) is 0 Å². The van der Waals surface area contributed by atoms with Crippen molar-refractivity contribution in [3.63, 3.8) is 0 Å². The topological polar surface area (TPSA) is 56.7 Å². The Bertz CT molecular complexity index is 630. The first-order valence-corrected chi connectivity index (χ1v) is 7.36. The van der Waals surface area contributed by atoms with E-state index in [9.17, 15) is 0 Å². The Hall–Kier alpha value is -2.02. The molecule has 0 N–H and O–H groups in total. The van der Waals surface area contributed by atoms with Crippen LogP contribution in [0, 0.1) is 0 Å². The zero-order chi connectivity index (χ0) is 16.1. The SMILES string of the molecule is COc1cc(CN(C)c2ncc(Br)c(OC)n2)cc(OC)c1. The molecule has 0 spiro atoms. The Labute approximate surface area is 138 Å². The van der Waals surface area contributed by atoms with Gasteiger partial charge >= 0.3 is 0 Å². The average molecular weight is 368 g/mol. The third-order valence-corrected chi connectivity index (χ3v) is 3.61. The quantitative estimate of drug-likeness (QED) is 0.782. The molecule has 1 heterocycles. The van der Waals surface area contributed by atoms with Crippen LogP contribution in [0.4, 0.5) is 5.95 Å². The molecule has 0 unspecified atom stereocenters. The molecule has 7 heteroatoms. The lowest BCUT2D eigenvalue weighted by Gasteiger charge is -2.18. The molecular weight excluding hydrogens is 350 g/mol. The molecule has 0 aliphatic rings. The second-order valence-electron chi connectivity index (χ2n) is 4.60. The van der Waals surface area contributed by atoms with E-state index in [1.807, 2.05) is 30.1 Å². The summed E-state index contributed by atoms with van der Waals surface area (Å²) in [5, 5.41) is 0. The van der Waals surface area contributed by atoms with Gasteiger partial charge in [0.05, 0.1) is 32.0 Å². The molecule has 0 amide bonds. The summed E-state index contributed by atoms with van der Waals surface area (Å²) in [7, 11) is 6.74. The Morgan fingerprint density at radius 1 is 1.05 bits per heavy atom. The number of halogens is 1. The second-order valence-corrected chi connectivity index (χ2v) is 5.46. The molecule has 2 aromatic rings. The van der Waals surface area contributed by atoms with Gasteiger partial charge in [-0.15, -0.1) is 0 Å². The molecule has 22 heavy (non-hydrogen) atoms. The smallest absolute Gasteiger partial charge is 0.232 e. The fourth-order valence-electron chi connectivity index (χ4n) is 1.97. The molecule has 6 nitrogen and oxygen atoms in total. The normalized spacial score (nSPS) is 10.2. The van der Waals surface area contributed by atoms with Crippen molar-refractivity contribution >= 4 is 21.9 Å². The maximum Gasteiger partial charge on any atom is 0.232 e. The molecule has 0 aliphatic carbocycles. The van der Waals surface area contributed by atoms with Crippen LogP contribution in [0.2, 0.25) is 0 Å². The molecule has 0 saturated heterocycles. The van der Waals surface area contributed by atoms with Gasteiger partial charge in [0.1, 0.15) is 11.5 Å².